The number of benzene rings is 2. The van der Waals surface area contributed by atoms with Crippen molar-refractivity contribution in [2.75, 3.05) is 14.2 Å². The molecule has 0 aromatic heterocycles. The van der Waals surface area contributed by atoms with Crippen LogP contribution in [0.1, 0.15) is 11.1 Å². The summed E-state index contributed by atoms with van der Waals surface area (Å²) in [6.45, 7) is 0.380. The summed E-state index contributed by atoms with van der Waals surface area (Å²) < 4.78 is 29.7. The maximum atomic E-state index is 13.6. The van der Waals surface area contributed by atoms with Crippen LogP contribution in [0, 0.1) is 5.82 Å². The van der Waals surface area contributed by atoms with Crippen LogP contribution in [0.4, 0.5) is 4.39 Å². The number of nitrogens with two attached hydrogens (primary N) is 1. The standard InChI is InChI=1S/C16H18FNO3/c1-19-15-7-6-11(8-16(15)20-2)10-21-14-5-3-4-13(17)12(14)9-18/h3-8H,9-10,18H2,1-2H3. The van der Waals surface area contributed by atoms with Gasteiger partial charge in [0.05, 0.1) is 14.2 Å². The Morgan fingerprint density at radius 2 is 1.76 bits per heavy atom. The van der Waals surface area contributed by atoms with Gasteiger partial charge in [-0.25, -0.2) is 4.39 Å². The molecule has 5 heteroatoms. The molecule has 2 aromatic rings. The van der Waals surface area contributed by atoms with Crippen molar-refractivity contribution in [1.82, 2.24) is 0 Å². The second-order valence-corrected chi connectivity index (χ2v) is 4.40. The highest BCUT2D eigenvalue weighted by molar-refractivity contribution is 5.43. The molecule has 0 unspecified atom stereocenters. The molecule has 0 radical (unpaired) electrons. The largest absolute Gasteiger partial charge is 0.493 e. The zero-order valence-corrected chi connectivity index (χ0v) is 12.1. The molecule has 0 bridgehead atoms. The Labute approximate surface area is 123 Å². The third kappa shape index (κ3) is 3.44. The number of hydrogen-bond acceptors (Lipinski definition) is 4. The Morgan fingerprint density at radius 3 is 2.43 bits per heavy atom. The number of halogens is 1. The summed E-state index contributed by atoms with van der Waals surface area (Å²) in [5.41, 5.74) is 6.81. The molecular weight excluding hydrogens is 273 g/mol. The van der Waals surface area contributed by atoms with Gasteiger partial charge in [-0.3, -0.25) is 0 Å². The van der Waals surface area contributed by atoms with Gasteiger partial charge >= 0.3 is 0 Å². The smallest absolute Gasteiger partial charge is 0.161 e. The van der Waals surface area contributed by atoms with E-state index in [1.54, 1.807) is 32.4 Å². The highest BCUT2D eigenvalue weighted by Gasteiger charge is 2.09. The van der Waals surface area contributed by atoms with Crippen molar-refractivity contribution < 1.29 is 18.6 Å². The van der Waals surface area contributed by atoms with Gasteiger partial charge < -0.3 is 19.9 Å². The Hall–Kier alpha value is -2.27. The van der Waals surface area contributed by atoms with Crippen molar-refractivity contribution in [3.63, 3.8) is 0 Å². The van der Waals surface area contributed by atoms with Crippen LogP contribution in [0.5, 0.6) is 17.2 Å². The van der Waals surface area contributed by atoms with Gasteiger partial charge in [-0.05, 0) is 29.8 Å². The quantitative estimate of drug-likeness (QED) is 0.889. The molecule has 21 heavy (non-hydrogen) atoms. The average Bonchev–Trinajstić information content (AvgIpc) is 2.52. The van der Waals surface area contributed by atoms with Crippen LogP contribution in [0.15, 0.2) is 36.4 Å². The molecule has 0 heterocycles. The van der Waals surface area contributed by atoms with E-state index in [2.05, 4.69) is 0 Å². The van der Waals surface area contributed by atoms with Crippen LogP contribution in [-0.4, -0.2) is 14.2 Å². The summed E-state index contributed by atoms with van der Waals surface area (Å²) in [5, 5.41) is 0. The van der Waals surface area contributed by atoms with Gasteiger partial charge in [-0.2, -0.15) is 0 Å². The lowest BCUT2D eigenvalue weighted by Crippen LogP contribution is -2.05. The van der Waals surface area contributed by atoms with Crippen molar-refractivity contribution in [3.8, 4) is 17.2 Å². The Balaban J connectivity index is 2.15. The fraction of sp³-hybridized carbons (Fsp3) is 0.250. The van der Waals surface area contributed by atoms with E-state index in [1.807, 2.05) is 12.1 Å². The molecule has 0 aliphatic heterocycles. The minimum absolute atomic E-state index is 0.0912. The maximum Gasteiger partial charge on any atom is 0.161 e. The van der Waals surface area contributed by atoms with Gasteiger partial charge in [-0.1, -0.05) is 12.1 Å². The average molecular weight is 291 g/mol. The molecule has 0 spiro atoms. The third-order valence-corrected chi connectivity index (χ3v) is 3.12. The SMILES string of the molecule is COc1ccc(COc2cccc(F)c2CN)cc1OC. The van der Waals surface area contributed by atoms with E-state index in [9.17, 15) is 4.39 Å². The highest BCUT2D eigenvalue weighted by Crippen LogP contribution is 2.28. The van der Waals surface area contributed by atoms with Crippen molar-refractivity contribution in [3.05, 3.63) is 53.3 Å². The molecule has 2 N–H and O–H groups in total. The second-order valence-electron chi connectivity index (χ2n) is 4.40. The third-order valence-electron chi connectivity index (χ3n) is 3.12. The first-order chi connectivity index (χ1) is 10.2. The molecule has 0 saturated heterocycles. The van der Waals surface area contributed by atoms with E-state index < -0.39 is 0 Å². The van der Waals surface area contributed by atoms with Gasteiger partial charge in [0.1, 0.15) is 18.2 Å². The topological polar surface area (TPSA) is 53.7 Å². The van der Waals surface area contributed by atoms with Crippen LogP contribution in [0.25, 0.3) is 0 Å². The Bertz CT molecular complexity index is 616. The summed E-state index contributed by atoms with van der Waals surface area (Å²) in [5.74, 6) is 1.36. The molecule has 0 atom stereocenters. The lowest BCUT2D eigenvalue weighted by molar-refractivity contribution is 0.298. The van der Waals surface area contributed by atoms with Crippen LogP contribution in [0.2, 0.25) is 0 Å². The first-order valence-electron chi connectivity index (χ1n) is 6.50. The molecule has 0 aliphatic rings. The minimum Gasteiger partial charge on any atom is -0.493 e. The van der Waals surface area contributed by atoms with Crippen LogP contribution >= 0.6 is 0 Å². The number of rotatable bonds is 6. The van der Waals surface area contributed by atoms with Crippen LogP contribution < -0.4 is 19.9 Å². The first-order valence-corrected chi connectivity index (χ1v) is 6.50. The summed E-state index contributed by atoms with van der Waals surface area (Å²) in [7, 11) is 3.15. The molecule has 112 valence electrons. The van der Waals surface area contributed by atoms with Crippen molar-refractivity contribution in [1.29, 1.82) is 0 Å². The van der Waals surface area contributed by atoms with E-state index >= 15 is 0 Å². The van der Waals surface area contributed by atoms with Crippen molar-refractivity contribution in [2.24, 2.45) is 5.73 Å². The highest BCUT2D eigenvalue weighted by atomic mass is 19.1. The van der Waals surface area contributed by atoms with E-state index in [0.717, 1.165) is 5.56 Å². The molecule has 2 aromatic carbocycles. The fourth-order valence-corrected chi connectivity index (χ4v) is 2.00. The second kappa shape index (κ2) is 6.95. The summed E-state index contributed by atoms with van der Waals surface area (Å²) in [4.78, 5) is 0. The van der Waals surface area contributed by atoms with Crippen molar-refractivity contribution in [2.45, 2.75) is 13.2 Å². The van der Waals surface area contributed by atoms with E-state index in [-0.39, 0.29) is 19.0 Å². The van der Waals surface area contributed by atoms with E-state index in [0.29, 0.717) is 22.8 Å². The molecule has 2 rings (SSSR count). The molecule has 4 nitrogen and oxygen atoms in total. The lowest BCUT2D eigenvalue weighted by atomic mass is 10.2. The Kier molecular flexibility index (Phi) is 5.00. The van der Waals surface area contributed by atoms with Gasteiger partial charge in [-0.15, -0.1) is 0 Å². The van der Waals surface area contributed by atoms with Crippen LogP contribution in [-0.2, 0) is 13.2 Å². The molecule has 0 saturated carbocycles. The summed E-state index contributed by atoms with van der Waals surface area (Å²) >= 11 is 0. The van der Waals surface area contributed by atoms with Crippen molar-refractivity contribution >= 4 is 0 Å². The number of hydrogen-bond donors (Lipinski definition) is 1. The Morgan fingerprint density at radius 1 is 1.00 bits per heavy atom. The maximum absolute atomic E-state index is 13.6. The van der Waals surface area contributed by atoms with Gasteiger partial charge in [0.2, 0.25) is 0 Å². The molecule has 0 amide bonds. The zero-order valence-electron chi connectivity index (χ0n) is 12.1. The number of ether oxygens (including phenoxy) is 3. The summed E-state index contributed by atoms with van der Waals surface area (Å²) in [6.07, 6.45) is 0. The minimum atomic E-state index is -0.359. The molecule has 0 fully saturated rings. The fourth-order valence-electron chi connectivity index (χ4n) is 2.00. The normalized spacial score (nSPS) is 10.3. The predicted molar refractivity (Wildman–Crippen MR) is 78.2 cm³/mol. The van der Waals surface area contributed by atoms with E-state index in [4.69, 9.17) is 19.9 Å². The van der Waals surface area contributed by atoms with Gasteiger partial charge in [0.25, 0.3) is 0 Å². The van der Waals surface area contributed by atoms with Crippen LogP contribution in [0.3, 0.4) is 0 Å². The monoisotopic (exact) mass is 291 g/mol. The van der Waals surface area contributed by atoms with Gasteiger partial charge in [0.15, 0.2) is 11.5 Å². The molecule has 0 aliphatic carbocycles. The first kappa shape index (κ1) is 15.1. The predicted octanol–water partition coefficient (Wildman–Crippen LogP) is 2.88. The lowest BCUT2D eigenvalue weighted by Gasteiger charge is -2.13. The zero-order chi connectivity index (χ0) is 15.2. The number of methoxy groups -OCH3 is 2. The summed E-state index contributed by atoms with van der Waals surface area (Å²) in [6, 6.07) is 10.1. The van der Waals surface area contributed by atoms with Gasteiger partial charge in [0, 0.05) is 12.1 Å². The van der Waals surface area contributed by atoms with E-state index in [1.165, 1.54) is 6.07 Å². The molecular formula is C16H18FNO3.